The van der Waals surface area contributed by atoms with Crippen molar-refractivity contribution in [3.8, 4) is 28.2 Å². The Morgan fingerprint density at radius 1 is 0.717 bits per heavy atom. The van der Waals surface area contributed by atoms with Crippen molar-refractivity contribution in [1.82, 2.24) is 9.55 Å². The van der Waals surface area contributed by atoms with E-state index < -0.39 is 0 Å². The van der Waals surface area contributed by atoms with Crippen molar-refractivity contribution in [3.63, 3.8) is 0 Å². The highest BCUT2D eigenvalue weighted by molar-refractivity contribution is 6.14. The zero-order chi connectivity index (χ0) is 31.6. The van der Waals surface area contributed by atoms with Crippen LogP contribution in [0.5, 0.6) is 0 Å². The number of benzene rings is 4. The van der Waals surface area contributed by atoms with Crippen molar-refractivity contribution in [2.24, 2.45) is 0 Å². The van der Waals surface area contributed by atoms with Gasteiger partial charge in [-0.2, -0.15) is 0 Å². The third-order valence-electron chi connectivity index (χ3n) is 9.37. The second kappa shape index (κ2) is 12.7. The molecule has 0 N–H and O–H groups in total. The van der Waals surface area contributed by atoms with Crippen molar-refractivity contribution in [1.29, 1.82) is 0 Å². The molecule has 4 aromatic carbocycles. The molecule has 0 aliphatic heterocycles. The molecule has 0 spiro atoms. The number of aromatic nitrogens is 2. The summed E-state index contributed by atoms with van der Waals surface area (Å²) in [7, 11) is 0. The highest BCUT2D eigenvalue weighted by Crippen LogP contribution is 2.41. The molecular formula is C44H40N2. The third kappa shape index (κ3) is 5.35. The van der Waals surface area contributed by atoms with Gasteiger partial charge in [-0.15, -0.1) is 0 Å². The number of pyridine rings is 1. The van der Waals surface area contributed by atoms with Crippen LogP contribution in [0.1, 0.15) is 52.5 Å². The van der Waals surface area contributed by atoms with Crippen LogP contribution in [0.3, 0.4) is 0 Å². The maximum absolute atomic E-state index is 5.34. The van der Waals surface area contributed by atoms with Gasteiger partial charge >= 0.3 is 0 Å². The van der Waals surface area contributed by atoms with Crippen LogP contribution in [-0.2, 0) is 0 Å². The Bertz CT molecular complexity index is 2130. The Morgan fingerprint density at radius 2 is 1.39 bits per heavy atom. The second-order valence-electron chi connectivity index (χ2n) is 12.2. The van der Waals surface area contributed by atoms with Gasteiger partial charge in [-0.3, -0.25) is 4.57 Å². The molecule has 1 aliphatic carbocycles. The summed E-state index contributed by atoms with van der Waals surface area (Å²) in [5, 5.41) is 2.50. The molecule has 2 heteroatoms. The molecule has 0 fully saturated rings. The Kier molecular flexibility index (Phi) is 8.11. The topological polar surface area (TPSA) is 17.8 Å². The molecule has 0 radical (unpaired) electrons. The summed E-state index contributed by atoms with van der Waals surface area (Å²) >= 11 is 0. The molecule has 0 amide bonds. The van der Waals surface area contributed by atoms with E-state index in [1.165, 1.54) is 49.8 Å². The Hall–Kier alpha value is -5.21. The Morgan fingerprint density at radius 3 is 2.13 bits per heavy atom. The zero-order valence-corrected chi connectivity index (χ0v) is 27.2. The van der Waals surface area contributed by atoms with E-state index in [2.05, 4.69) is 166 Å². The molecule has 0 atom stereocenters. The second-order valence-corrected chi connectivity index (χ2v) is 12.2. The maximum atomic E-state index is 5.34. The van der Waals surface area contributed by atoms with Crippen LogP contribution in [0.4, 0.5) is 0 Å². The molecule has 0 bridgehead atoms. The van der Waals surface area contributed by atoms with E-state index in [0.29, 0.717) is 0 Å². The molecule has 6 aromatic rings. The molecule has 0 saturated carbocycles. The van der Waals surface area contributed by atoms with Gasteiger partial charge < -0.3 is 0 Å². The quantitative estimate of drug-likeness (QED) is 0.168. The first-order valence-electron chi connectivity index (χ1n) is 16.5. The zero-order valence-electron chi connectivity index (χ0n) is 27.2. The Labute approximate surface area is 272 Å². The minimum absolute atomic E-state index is 0.918. The molecule has 0 saturated heterocycles. The van der Waals surface area contributed by atoms with Crippen molar-refractivity contribution >= 4 is 27.4 Å². The summed E-state index contributed by atoms with van der Waals surface area (Å²) < 4.78 is 2.36. The number of hydrogen-bond acceptors (Lipinski definition) is 1. The van der Waals surface area contributed by atoms with Gasteiger partial charge in [0.2, 0.25) is 0 Å². The highest BCUT2D eigenvalue weighted by Gasteiger charge is 2.20. The fraction of sp³-hybridized carbons (Fsp3) is 0.159. The van der Waals surface area contributed by atoms with Crippen LogP contribution in [0, 0.1) is 0 Å². The molecule has 1 aliphatic rings. The van der Waals surface area contributed by atoms with Crippen LogP contribution in [0.15, 0.2) is 156 Å². The van der Waals surface area contributed by atoms with E-state index in [0.717, 1.165) is 52.9 Å². The normalized spacial score (nSPS) is 14.3. The predicted molar refractivity (Wildman–Crippen MR) is 197 cm³/mol. The predicted octanol–water partition coefficient (Wildman–Crippen LogP) is 12.3. The number of rotatable bonds is 7. The van der Waals surface area contributed by atoms with Crippen LogP contribution < -0.4 is 0 Å². The van der Waals surface area contributed by atoms with Gasteiger partial charge in [0.1, 0.15) is 5.82 Å². The lowest BCUT2D eigenvalue weighted by atomic mass is 9.86. The van der Waals surface area contributed by atoms with Gasteiger partial charge in [0.25, 0.3) is 0 Å². The standard InChI is InChI=1S/C44H40N2/c1-5-17-37(32(4)31(3)36-23-13-12-18-30(36)2)38-25-16-27-42-44(38)39-24-14-15-26-41(39)46(42)43-29-35(33-19-8-6-9-20-33)28-40(45-43)34-21-10-7-11-22-34/h6-11,14-29H,5,12-13H2,1-4H3/b32-31+,37-17+. The lowest BCUT2D eigenvalue weighted by Crippen LogP contribution is -2.01. The van der Waals surface area contributed by atoms with Gasteiger partial charge in [-0.05, 0) is 109 Å². The number of nitrogens with zero attached hydrogens (tertiary/aromatic N) is 2. The first-order valence-corrected chi connectivity index (χ1v) is 16.5. The first kappa shape index (κ1) is 29.5. The molecule has 0 unspecified atom stereocenters. The van der Waals surface area contributed by atoms with E-state index in [9.17, 15) is 0 Å². The van der Waals surface area contributed by atoms with Gasteiger partial charge in [-0.25, -0.2) is 4.98 Å². The van der Waals surface area contributed by atoms with Crippen LogP contribution in [0.2, 0.25) is 0 Å². The third-order valence-corrected chi connectivity index (χ3v) is 9.37. The van der Waals surface area contributed by atoms with Gasteiger partial charge in [-0.1, -0.05) is 116 Å². The fourth-order valence-electron chi connectivity index (χ4n) is 7.00. The largest absolute Gasteiger partial charge is 0.294 e. The van der Waals surface area contributed by atoms with Crippen molar-refractivity contribution in [3.05, 3.63) is 161 Å². The summed E-state index contributed by atoms with van der Waals surface area (Å²) in [6.07, 6.45) is 10.4. The van der Waals surface area contributed by atoms with E-state index in [1.54, 1.807) is 0 Å². The summed E-state index contributed by atoms with van der Waals surface area (Å²) in [6.45, 7) is 9.08. The average molecular weight is 597 g/mol. The molecule has 2 aromatic heterocycles. The summed E-state index contributed by atoms with van der Waals surface area (Å²) in [4.78, 5) is 5.34. The minimum Gasteiger partial charge on any atom is -0.294 e. The first-order chi connectivity index (χ1) is 22.5. The number of para-hydroxylation sites is 1. The van der Waals surface area contributed by atoms with E-state index in [4.69, 9.17) is 4.98 Å². The lowest BCUT2D eigenvalue weighted by molar-refractivity contribution is 0.990. The van der Waals surface area contributed by atoms with Gasteiger partial charge in [0.15, 0.2) is 0 Å². The molecule has 7 rings (SSSR count). The van der Waals surface area contributed by atoms with E-state index >= 15 is 0 Å². The molecule has 2 nitrogen and oxygen atoms in total. The lowest BCUT2D eigenvalue weighted by Gasteiger charge is -2.19. The van der Waals surface area contributed by atoms with Crippen LogP contribution in [0.25, 0.3) is 55.6 Å². The van der Waals surface area contributed by atoms with Crippen molar-refractivity contribution in [2.75, 3.05) is 0 Å². The fourth-order valence-corrected chi connectivity index (χ4v) is 7.00. The Balaban J connectivity index is 1.50. The maximum Gasteiger partial charge on any atom is 0.138 e. The number of allylic oxidation sites excluding steroid dienone is 8. The van der Waals surface area contributed by atoms with E-state index in [-0.39, 0.29) is 0 Å². The summed E-state index contributed by atoms with van der Waals surface area (Å²) in [6, 6.07) is 41.1. The molecule has 226 valence electrons. The molecule has 2 heterocycles. The highest BCUT2D eigenvalue weighted by atomic mass is 15.1. The smallest absolute Gasteiger partial charge is 0.138 e. The van der Waals surface area contributed by atoms with Crippen molar-refractivity contribution in [2.45, 2.75) is 47.0 Å². The average Bonchev–Trinajstić information content (AvgIpc) is 3.45. The SMILES string of the molecule is CC/C=C(\C(C)=C(/C)C1=CCCC=C1C)c1cccc2c1c1ccccc1n2-c1cc(-c2ccccc2)cc(-c2ccccc2)n1. The van der Waals surface area contributed by atoms with E-state index in [1.807, 2.05) is 0 Å². The summed E-state index contributed by atoms with van der Waals surface area (Å²) in [5.41, 5.74) is 14.8. The molecule has 46 heavy (non-hydrogen) atoms. The van der Waals surface area contributed by atoms with Crippen molar-refractivity contribution < 1.29 is 0 Å². The number of fused-ring (bicyclic) bond motifs is 3. The van der Waals surface area contributed by atoms with Gasteiger partial charge in [0.05, 0.1) is 16.7 Å². The summed E-state index contributed by atoms with van der Waals surface area (Å²) in [5.74, 6) is 0.918. The minimum atomic E-state index is 0.918. The number of hydrogen-bond donors (Lipinski definition) is 0. The monoisotopic (exact) mass is 596 g/mol. The van der Waals surface area contributed by atoms with Crippen LogP contribution >= 0.6 is 0 Å². The molecular weight excluding hydrogens is 556 g/mol. The van der Waals surface area contributed by atoms with Crippen LogP contribution in [-0.4, -0.2) is 9.55 Å². The van der Waals surface area contributed by atoms with Gasteiger partial charge in [0, 0.05) is 16.3 Å².